The molecule has 0 bridgehead atoms. The van der Waals surface area contributed by atoms with Crippen LogP contribution in [0.3, 0.4) is 0 Å². The molecular weight excluding hydrogens is 424 g/mol. The third-order valence-electron chi connectivity index (χ3n) is 5.52. The summed E-state index contributed by atoms with van der Waals surface area (Å²) in [5, 5.41) is 13.2. The molecular formula is C24H32N4O5. The molecule has 1 aromatic carbocycles. The normalized spacial score (nSPS) is 15.8. The number of rotatable bonds is 4. The number of nitrogens with one attached hydrogen (secondary N) is 1. The topological polar surface area (TPSA) is 114 Å². The highest BCUT2D eigenvalue weighted by atomic mass is 16.6. The van der Waals surface area contributed by atoms with Crippen LogP contribution < -0.4 is 10.9 Å². The largest absolute Gasteiger partial charge is 0.501 e. The van der Waals surface area contributed by atoms with Gasteiger partial charge < -0.3 is 20.1 Å². The van der Waals surface area contributed by atoms with E-state index in [0.29, 0.717) is 19.4 Å². The Balaban J connectivity index is 1.92. The van der Waals surface area contributed by atoms with E-state index in [2.05, 4.69) is 10.3 Å². The quantitative estimate of drug-likeness (QED) is 0.730. The molecule has 1 aliphatic heterocycles. The van der Waals surface area contributed by atoms with E-state index in [1.165, 1.54) is 9.47 Å². The number of fused-ring (bicyclic) bond motifs is 1. The molecule has 2 N–H and O–H groups in total. The van der Waals surface area contributed by atoms with Crippen LogP contribution in [-0.2, 0) is 17.8 Å². The Morgan fingerprint density at radius 2 is 1.91 bits per heavy atom. The zero-order chi connectivity index (χ0) is 24.3. The maximum Gasteiger partial charge on any atom is 0.410 e. The summed E-state index contributed by atoms with van der Waals surface area (Å²) >= 11 is 0. The van der Waals surface area contributed by atoms with Gasteiger partial charge in [0, 0.05) is 20.1 Å². The minimum atomic E-state index is -0.694. The highest BCUT2D eigenvalue weighted by Gasteiger charge is 2.33. The Kier molecular flexibility index (Phi) is 7.09. The minimum Gasteiger partial charge on any atom is -0.501 e. The Morgan fingerprint density at radius 1 is 1.24 bits per heavy atom. The maximum atomic E-state index is 12.9. The molecule has 0 fully saturated rings. The van der Waals surface area contributed by atoms with Crippen molar-refractivity contribution in [3.8, 4) is 5.75 Å². The fraction of sp³-hybridized carbons (Fsp3) is 0.500. The second-order valence-corrected chi connectivity index (χ2v) is 9.40. The summed E-state index contributed by atoms with van der Waals surface area (Å²) in [5.41, 5.74) is 0.262. The van der Waals surface area contributed by atoms with E-state index >= 15 is 0 Å². The predicted molar refractivity (Wildman–Crippen MR) is 123 cm³/mol. The Hall–Kier alpha value is -3.36. The van der Waals surface area contributed by atoms with Crippen molar-refractivity contribution in [2.75, 3.05) is 7.05 Å². The van der Waals surface area contributed by atoms with Gasteiger partial charge in [0.2, 0.25) is 5.75 Å². The second-order valence-electron chi connectivity index (χ2n) is 9.40. The smallest absolute Gasteiger partial charge is 0.410 e. The SMILES string of the molecule is Cc1ccc(CNC(=O)c2nc3n(c(=O)c2O)CCCCC3N(C)C(=O)OC(C)(C)C)cc1. The Morgan fingerprint density at radius 3 is 2.55 bits per heavy atom. The van der Waals surface area contributed by atoms with Gasteiger partial charge in [-0.15, -0.1) is 0 Å². The number of carbonyl (C=O) groups excluding carboxylic acids is 2. The molecule has 2 amide bonds. The molecule has 33 heavy (non-hydrogen) atoms. The molecule has 1 atom stereocenters. The average molecular weight is 457 g/mol. The summed E-state index contributed by atoms with van der Waals surface area (Å²) in [5.74, 6) is -1.08. The summed E-state index contributed by atoms with van der Waals surface area (Å²) in [6.45, 7) is 7.86. The van der Waals surface area contributed by atoms with Gasteiger partial charge >= 0.3 is 6.09 Å². The van der Waals surface area contributed by atoms with Gasteiger partial charge in [-0.05, 0) is 52.5 Å². The molecule has 2 heterocycles. The van der Waals surface area contributed by atoms with E-state index in [1.54, 1.807) is 27.8 Å². The summed E-state index contributed by atoms with van der Waals surface area (Å²) in [6.07, 6.45) is 1.44. The summed E-state index contributed by atoms with van der Waals surface area (Å²) in [4.78, 5) is 44.3. The van der Waals surface area contributed by atoms with E-state index in [-0.39, 0.29) is 18.1 Å². The van der Waals surface area contributed by atoms with E-state index in [0.717, 1.165) is 17.5 Å². The lowest BCUT2D eigenvalue weighted by Gasteiger charge is -2.30. The van der Waals surface area contributed by atoms with Crippen molar-refractivity contribution in [2.45, 2.75) is 71.7 Å². The Labute approximate surface area is 193 Å². The van der Waals surface area contributed by atoms with Crippen LogP contribution in [0.2, 0.25) is 0 Å². The van der Waals surface area contributed by atoms with Crippen molar-refractivity contribution < 1.29 is 19.4 Å². The lowest BCUT2D eigenvalue weighted by Crippen LogP contribution is -2.39. The molecule has 0 spiro atoms. The first-order valence-electron chi connectivity index (χ1n) is 11.1. The lowest BCUT2D eigenvalue weighted by atomic mass is 10.1. The zero-order valence-electron chi connectivity index (χ0n) is 19.8. The molecule has 1 unspecified atom stereocenters. The second kappa shape index (κ2) is 9.64. The number of nitrogens with zero attached hydrogens (tertiary/aromatic N) is 3. The number of hydrogen-bond acceptors (Lipinski definition) is 6. The van der Waals surface area contributed by atoms with Crippen LogP contribution in [0.4, 0.5) is 4.79 Å². The molecule has 0 saturated heterocycles. The highest BCUT2D eigenvalue weighted by molar-refractivity contribution is 5.94. The van der Waals surface area contributed by atoms with Gasteiger partial charge in [0.15, 0.2) is 5.69 Å². The van der Waals surface area contributed by atoms with Crippen LogP contribution in [-0.4, -0.2) is 44.2 Å². The summed E-state index contributed by atoms with van der Waals surface area (Å²) in [7, 11) is 1.59. The number of carbonyl (C=O) groups is 2. The molecule has 0 radical (unpaired) electrons. The minimum absolute atomic E-state index is 0.222. The third-order valence-corrected chi connectivity index (χ3v) is 5.52. The highest BCUT2D eigenvalue weighted by Crippen LogP contribution is 2.29. The summed E-state index contributed by atoms with van der Waals surface area (Å²) < 4.78 is 6.83. The number of ether oxygens (including phenoxy) is 1. The molecule has 9 heteroatoms. The number of hydrogen-bond donors (Lipinski definition) is 2. The van der Waals surface area contributed by atoms with Crippen LogP contribution in [0, 0.1) is 6.92 Å². The average Bonchev–Trinajstić information content (AvgIpc) is 2.96. The standard InChI is InChI=1S/C24H32N4O5/c1-15-9-11-16(12-10-15)14-25-21(30)18-19(29)22(31)28-13-7-6-8-17(20(28)26-18)27(5)23(32)33-24(2,3)4/h9-12,17,29H,6-8,13-14H2,1-5H3,(H,25,30). The first kappa shape index (κ1) is 24.3. The number of aromatic nitrogens is 2. The maximum absolute atomic E-state index is 12.9. The molecule has 0 aliphatic carbocycles. The van der Waals surface area contributed by atoms with Crippen LogP contribution in [0.15, 0.2) is 29.1 Å². The number of amides is 2. The number of aryl methyl sites for hydroxylation is 1. The van der Waals surface area contributed by atoms with Crippen molar-refractivity contribution >= 4 is 12.0 Å². The zero-order valence-corrected chi connectivity index (χ0v) is 19.8. The number of benzene rings is 1. The van der Waals surface area contributed by atoms with Gasteiger partial charge in [-0.2, -0.15) is 0 Å². The van der Waals surface area contributed by atoms with Crippen molar-refractivity contribution in [2.24, 2.45) is 0 Å². The molecule has 1 aliphatic rings. The van der Waals surface area contributed by atoms with Crippen LogP contribution in [0.5, 0.6) is 5.75 Å². The third kappa shape index (κ3) is 5.71. The molecule has 9 nitrogen and oxygen atoms in total. The van der Waals surface area contributed by atoms with E-state index in [1.807, 2.05) is 31.2 Å². The first-order valence-corrected chi connectivity index (χ1v) is 11.1. The van der Waals surface area contributed by atoms with Crippen molar-refractivity contribution in [1.29, 1.82) is 0 Å². The van der Waals surface area contributed by atoms with Crippen LogP contribution in [0.1, 0.15) is 73.5 Å². The molecule has 1 aromatic heterocycles. The first-order chi connectivity index (χ1) is 15.5. The molecule has 0 saturated carbocycles. The van der Waals surface area contributed by atoms with Crippen LogP contribution in [0.25, 0.3) is 0 Å². The molecule has 178 valence electrons. The van der Waals surface area contributed by atoms with Crippen molar-refractivity contribution in [3.63, 3.8) is 0 Å². The van der Waals surface area contributed by atoms with Gasteiger partial charge in [0.25, 0.3) is 11.5 Å². The van der Waals surface area contributed by atoms with Gasteiger partial charge in [0.1, 0.15) is 11.4 Å². The van der Waals surface area contributed by atoms with Crippen molar-refractivity contribution in [3.05, 3.63) is 57.3 Å². The van der Waals surface area contributed by atoms with E-state index in [4.69, 9.17) is 4.74 Å². The fourth-order valence-electron chi connectivity index (χ4n) is 3.73. The van der Waals surface area contributed by atoms with Gasteiger partial charge in [-0.3, -0.25) is 14.2 Å². The van der Waals surface area contributed by atoms with Gasteiger partial charge in [-0.25, -0.2) is 9.78 Å². The van der Waals surface area contributed by atoms with Crippen molar-refractivity contribution in [1.82, 2.24) is 19.8 Å². The predicted octanol–water partition coefficient (Wildman–Crippen LogP) is 3.28. The van der Waals surface area contributed by atoms with E-state index in [9.17, 15) is 19.5 Å². The molecule has 3 rings (SSSR count). The monoisotopic (exact) mass is 456 g/mol. The Bertz CT molecular complexity index is 1090. The lowest BCUT2D eigenvalue weighted by molar-refractivity contribution is 0.0202. The van der Waals surface area contributed by atoms with E-state index < -0.39 is 35.0 Å². The fourth-order valence-corrected chi connectivity index (χ4v) is 3.73. The molecule has 2 aromatic rings. The van der Waals surface area contributed by atoms with Crippen LogP contribution >= 0.6 is 0 Å². The van der Waals surface area contributed by atoms with Gasteiger partial charge in [-0.1, -0.05) is 29.8 Å². The number of aromatic hydroxyl groups is 1. The summed E-state index contributed by atoms with van der Waals surface area (Å²) in [6, 6.07) is 7.08. The van der Waals surface area contributed by atoms with Gasteiger partial charge in [0.05, 0.1) is 6.04 Å².